The molecule has 1 atom stereocenters. The molecule has 0 unspecified atom stereocenters. The van der Waals surface area contributed by atoms with Crippen LogP contribution in [-0.2, 0) is 19.1 Å². The van der Waals surface area contributed by atoms with Crippen molar-refractivity contribution in [3.05, 3.63) is 22.5 Å². The smallest absolute Gasteiger partial charge is 0.316 e. The first kappa shape index (κ1) is 20.6. The van der Waals surface area contributed by atoms with Gasteiger partial charge in [0.2, 0.25) is 0 Å². The van der Waals surface area contributed by atoms with Crippen LogP contribution in [0.3, 0.4) is 0 Å². The van der Waals surface area contributed by atoms with E-state index in [4.69, 9.17) is 4.74 Å². The maximum atomic E-state index is 13.0. The zero-order valence-corrected chi connectivity index (χ0v) is 17.2. The van der Waals surface area contributed by atoms with Crippen molar-refractivity contribution in [2.75, 3.05) is 0 Å². The summed E-state index contributed by atoms with van der Waals surface area (Å²) in [5.41, 5.74) is 1.35. The van der Waals surface area contributed by atoms with Crippen LogP contribution in [0.2, 0.25) is 0 Å². The minimum absolute atomic E-state index is 0.00645. The SMILES string of the molecule is CC1=C(C[C@@H]2CC(OC(=O)C(C)(C)C)=C(C)C(=O)C2(C)C)C(=O)CCC1. The van der Waals surface area contributed by atoms with Gasteiger partial charge in [0, 0.05) is 23.8 Å². The van der Waals surface area contributed by atoms with Gasteiger partial charge in [-0.25, -0.2) is 0 Å². The van der Waals surface area contributed by atoms with Crippen LogP contribution in [0.1, 0.15) is 80.6 Å². The Kier molecular flexibility index (Phi) is 5.65. The molecule has 0 aromatic rings. The molecule has 0 bridgehead atoms. The summed E-state index contributed by atoms with van der Waals surface area (Å²) >= 11 is 0. The lowest BCUT2D eigenvalue weighted by molar-refractivity contribution is -0.149. The molecule has 0 N–H and O–H groups in total. The van der Waals surface area contributed by atoms with E-state index in [-0.39, 0.29) is 23.5 Å². The van der Waals surface area contributed by atoms with E-state index >= 15 is 0 Å². The van der Waals surface area contributed by atoms with Crippen LogP contribution in [0.5, 0.6) is 0 Å². The Hall–Kier alpha value is -1.71. The fourth-order valence-corrected chi connectivity index (χ4v) is 3.73. The van der Waals surface area contributed by atoms with Gasteiger partial charge in [-0.2, -0.15) is 0 Å². The number of rotatable bonds is 3. The average molecular weight is 360 g/mol. The Morgan fingerprint density at radius 1 is 1.15 bits per heavy atom. The van der Waals surface area contributed by atoms with Crippen molar-refractivity contribution in [1.29, 1.82) is 0 Å². The number of hydrogen-bond donors (Lipinski definition) is 0. The summed E-state index contributed by atoms with van der Waals surface area (Å²) in [6.07, 6.45) is 3.54. The number of carbonyl (C=O) groups excluding carboxylic acids is 3. The molecule has 2 rings (SSSR count). The summed E-state index contributed by atoms with van der Waals surface area (Å²) in [6, 6.07) is 0. The molecule has 0 radical (unpaired) electrons. The summed E-state index contributed by atoms with van der Waals surface area (Å²) in [5.74, 6) is 0.306. The van der Waals surface area contributed by atoms with Gasteiger partial charge in [-0.1, -0.05) is 19.4 Å². The van der Waals surface area contributed by atoms with Crippen molar-refractivity contribution in [3.63, 3.8) is 0 Å². The number of esters is 1. The summed E-state index contributed by atoms with van der Waals surface area (Å²) < 4.78 is 5.62. The Labute approximate surface area is 157 Å². The molecular weight excluding hydrogens is 328 g/mol. The van der Waals surface area contributed by atoms with Crippen LogP contribution in [0, 0.1) is 16.7 Å². The van der Waals surface area contributed by atoms with Crippen molar-refractivity contribution in [2.24, 2.45) is 16.7 Å². The zero-order valence-electron chi connectivity index (χ0n) is 17.2. The van der Waals surface area contributed by atoms with Gasteiger partial charge in [0.05, 0.1) is 5.41 Å². The number of allylic oxidation sites excluding steroid dienone is 4. The van der Waals surface area contributed by atoms with E-state index in [0.29, 0.717) is 30.6 Å². The molecule has 2 aliphatic rings. The van der Waals surface area contributed by atoms with Crippen LogP contribution in [0.15, 0.2) is 22.5 Å². The van der Waals surface area contributed by atoms with Crippen molar-refractivity contribution in [2.45, 2.75) is 80.6 Å². The van der Waals surface area contributed by atoms with Crippen molar-refractivity contribution in [1.82, 2.24) is 0 Å². The van der Waals surface area contributed by atoms with Crippen LogP contribution >= 0.6 is 0 Å². The highest BCUT2D eigenvalue weighted by Crippen LogP contribution is 2.45. The van der Waals surface area contributed by atoms with Gasteiger partial charge in [-0.15, -0.1) is 0 Å². The number of carbonyl (C=O) groups is 3. The van der Waals surface area contributed by atoms with E-state index in [1.165, 1.54) is 0 Å². The van der Waals surface area contributed by atoms with E-state index in [1.807, 2.05) is 20.8 Å². The molecule has 0 aromatic carbocycles. The predicted molar refractivity (Wildman–Crippen MR) is 101 cm³/mol. The molecule has 0 aromatic heterocycles. The van der Waals surface area contributed by atoms with Gasteiger partial charge < -0.3 is 4.74 Å². The van der Waals surface area contributed by atoms with Crippen LogP contribution in [0.25, 0.3) is 0 Å². The molecule has 4 nitrogen and oxygen atoms in total. The van der Waals surface area contributed by atoms with Crippen LogP contribution in [0.4, 0.5) is 0 Å². The molecule has 0 fully saturated rings. The normalized spacial score (nSPS) is 24.2. The Balaban J connectivity index is 2.32. The Morgan fingerprint density at radius 2 is 1.77 bits per heavy atom. The maximum Gasteiger partial charge on any atom is 0.316 e. The van der Waals surface area contributed by atoms with Gasteiger partial charge in [-0.3, -0.25) is 14.4 Å². The molecule has 0 saturated carbocycles. The molecule has 144 valence electrons. The zero-order chi connectivity index (χ0) is 19.9. The molecule has 0 saturated heterocycles. The van der Waals surface area contributed by atoms with E-state index in [2.05, 4.69) is 0 Å². The monoisotopic (exact) mass is 360 g/mol. The summed E-state index contributed by atoms with van der Waals surface area (Å²) in [5, 5.41) is 0. The maximum absolute atomic E-state index is 13.0. The lowest BCUT2D eigenvalue weighted by Crippen LogP contribution is -2.40. The van der Waals surface area contributed by atoms with Crippen molar-refractivity contribution < 1.29 is 19.1 Å². The second-order valence-electron chi connectivity index (χ2n) is 9.38. The molecule has 26 heavy (non-hydrogen) atoms. The van der Waals surface area contributed by atoms with Crippen LogP contribution in [-0.4, -0.2) is 17.5 Å². The first-order valence-electron chi connectivity index (χ1n) is 9.54. The lowest BCUT2D eigenvalue weighted by Gasteiger charge is -2.39. The lowest BCUT2D eigenvalue weighted by atomic mass is 9.65. The minimum atomic E-state index is -0.628. The minimum Gasteiger partial charge on any atom is -0.430 e. The second-order valence-corrected chi connectivity index (χ2v) is 9.38. The molecule has 0 heterocycles. The molecule has 0 amide bonds. The van der Waals surface area contributed by atoms with Crippen LogP contribution < -0.4 is 0 Å². The van der Waals surface area contributed by atoms with E-state index in [9.17, 15) is 14.4 Å². The van der Waals surface area contributed by atoms with Gasteiger partial charge in [-0.05, 0) is 65.4 Å². The number of hydrogen-bond acceptors (Lipinski definition) is 4. The molecule has 4 heteroatoms. The Morgan fingerprint density at radius 3 is 2.31 bits per heavy atom. The standard InChI is InChI=1S/C22H32O4/c1-13-9-8-10-17(23)16(13)11-15-12-18(26-20(25)21(3,4)5)14(2)19(24)22(15,6)7/h15H,8-12H2,1-7H3/t15-/m1/s1. The summed E-state index contributed by atoms with van der Waals surface area (Å²) in [7, 11) is 0. The van der Waals surface area contributed by atoms with Gasteiger partial charge >= 0.3 is 5.97 Å². The average Bonchev–Trinajstić information content (AvgIpc) is 2.52. The molecule has 2 aliphatic carbocycles. The van der Waals surface area contributed by atoms with E-state index < -0.39 is 10.8 Å². The topological polar surface area (TPSA) is 60.4 Å². The molecule has 0 spiro atoms. The highest BCUT2D eigenvalue weighted by atomic mass is 16.5. The summed E-state index contributed by atoms with van der Waals surface area (Å²) in [4.78, 5) is 37.7. The third-order valence-electron chi connectivity index (χ3n) is 5.88. The molecule has 0 aliphatic heterocycles. The third-order valence-corrected chi connectivity index (χ3v) is 5.88. The van der Waals surface area contributed by atoms with Gasteiger partial charge in [0.1, 0.15) is 5.76 Å². The molecular formula is C22H32O4. The van der Waals surface area contributed by atoms with Gasteiger partial charge in [0.15, 0.2) is 11.6 Å². The van der Waals surface area contributed by atoms with Crippen molar-refractivity contribution in [3.8, 4) is 0 Å². The fraction of sp³-hybridized carbons (Fsp3) is 0.682. The largest absolute Gasteiger partial charge is 0.430 e. The van der Waals surface area contributed by atoms with E-state index in [0.717, 1.165) is 24.0 Å². The first-order valence-corrected chi connectivity index (χ1v) is 9.54. The first-order chi connectivity index (χ1) is 11.9. The second kappa shape index (κ2) is 7.13. The predicted octanol–water partition coefficient (Wildman–Crippen LogP) is 4.92. The van der Waals surface area contributed by atoms with E-state index in [1.54, 1.807) is 27.7 Å². The Bertz CT molecular complexity index is 698. The number of ketones is 2. The van der Waals surface area contributed by atoms with Gasteiger partial charge in [0.25, 0.3) is 0 Å². The fourth-order valence-electron chi connectivity index (χ4n) is 3.73. The third kappa shape index (κ3) is 3.99. The number of Topliss-reactive ketones (excluding diaryl/α,β-unsaturated/α-hetero) is 2. The highest BCUT2D eigenvalue weighted by molar-refractivity contribution is 6.01. The highest BCUT2D eigenvalue weighted by Gasteiger charge is 2.44. The number of ether oxygens (including phenoxy) is 1. The van der Waals surface area contributed by atoms with Crippen molar-refractivity contribution >= 4 is 17.5 Å². The summed E-state index contributed by atoms with van der Waals surface area (Å²) in [6.45, 7) is 13.0. The quantitative estimate of drug-likeness (QED) is 0.670.